The van der Waals surface area contributed by atoms with E-state index in [9.17, 15) is 26.7 Å². The number of benzene rings is 1. The Kier molecular flexibility index (Phi) is 3.92. The second kappa shape index (κ2) is 5.71. The van der Waals surface area contributed by atoms with Gasteiger partial charge in [-0.3, -0.25) is 0 Å². The number of hydrogen-bond donors (Lipinski definition) is 0. The maximum Gasteiger partial charge on any atom is 0.416 e. The molecule has 26 heavy (non-hydrogen) atoms. The summed E-state index contributed by atoms with van der Waals surface area (Å²) in [4.78, 5) is -0.386. The van der Waals surface area contributed by atoms with Crippen molar-refractivity contribution < 1.29 is 26.7 Å². The van der Waals surface area contributed by atoms with Crippen molar-refractivity contribution in [2.24, 2.45) is 27.6 Å². The maximum absolute atomic E-state index is 12.8. The Morgan fingerprint density at radius 3 is 1.88 bits per heavy atom. The van der Waals surface area contributed by atoms with Crippen LogP contribution in [-0.4, -0.2) is 14.3 Å². The van der Waals surface area contributed by atoms with Gasteiger partial charge in [0, 0.05) is 5.41 Å². The van der Waals surface area contributed by atoms with Crippen molar-refractivity contribution in [3.05, 3.63) is 29.8 Å². The molecule has 4 aliphatic carbocycles. The fourth-order valence-electron chi connectivity index (χ4n) is 5.45. The molecule has 0 unspecified atom stereocenters. The van der Waals surface area contributed by atoms with Crippen LogP contribution in [0, 0.1) is 23.2 Å². The Morgan fingerprint density at radius 1 is 1.00 bits per heavy atom. The van der Waals surface area contributed by atoms with Gasteiger partial charge in [0.15, 0.2) is 0 Å². The van der Waals surface area contributed by atoms with Crippen LogP contribution < -0.4 is 5.11 Å². The van der Waals surface area contributed by atoms with E-state index in [1.165, 1.54) is 0 Å². The predicted molar refractivity (Wildman–Crippen MR) is 86.7 cm³/mol. The number of rotatable bonds is 3. The SMILES string of the molecule is O=S(=O)(/N=C(\[O-])C12CC3CC(CC(C3)C1)C2)c1ccc(C(F)(F)F)cc1. The number of halogens is 3. The Bertz CT molecular complexity index is 808. The molecule has 0 N–H and O–H groups in total. The zero-order valence-electron chi connectivity index (χ0n) is 14.0. The molecule has 5 rings (SSSR count). The van der Waals surface area contributed by atoms with E-state index in [1.54, 1.807) is 0 Å². The second-order valence-corrected chi connectivity index (χ2v) is 9.70. The van der Waals surface area contributed by atoms with Crippen molar-refractivity contribution >= 4 is 15.9 Å². The maximum atomic E-state index is 12.8. The van der Waals surface area contributed by atoms with Crippen molar-refractivity contribution in [2.75, 3.05) is 0 Å². The topological polar surface area (TPSA) is 69.6 Å². The summed E-state index contributed by atoms with van der Waals surface area (Å²) < 4.78 is 66.2. The minimum atomic E-state index is -4.55. The lowest BCUT2D eigenvalue weighted by molar-refractivity contribution is -0.241. The number of alkyl halides is 3. The summed E-state index contributed by atoms with van der Waals surface area (Å²) in [6, 6.07) is 3.10. The van der Waals surface area contributed by atoms with Gasteiger partial charge in [0.2, 0.25) is 0 Å². The van der Waals surface area contributed by atoms with Crippen LogP contribution in [-0.2, 0) is 16.2 Å². The van der Waals surface area contributed by atoms with Crippen molar-refractivity contribution in [1.29, 1.82) is 0 Å². The molecule has 4 nitrogen and oxygen atoms in total. The van der Waals surface area contributed by atoms with E-state index in [4.69, 9.17) is 0 Å². The molecular weight excluding hydrogens is 367 g/mol. The molecule has 0 amide bonds. The molecule has 0 aliphatic heterocycles. The predicted octanol–water partition coefficient (Wildman–Crippen LogP) is 3.37. The molecule has 0 saturated heterocycles. The third kappa shape index (κ3) is 3.02. The van der Waals surface area contributed by atoms with Gasteiger partial charge < -0.3 is 5.11 Å². The van der Waals surface area contributed by atoms with E-state index in [0.29, 0.717) is 49.1 Å². The fourth-order valence-corrected chi connectivity index (χ4v) is 6.44. The van der Waals surface area contributed by atoms with Gasteiger partial charge in [0.05, 0.1) is 10.5 Å². The fraction of sp³-hybridized carbons (Fsp3) is 0.611. The van der Waals surface area contributed by atoms with Crippen molar-refractivity contribution in [3.8, 4) is 0 Å². The van der Waals surface area contributed by atoms with Gasteiger partial charge in [-0.1, -0.05) is 0 Å². The van der Waals surface area contributed by atoms with E-state index in [-0.39, 0.29) is 4.90 Å². The van der Waals surface area contributed by atoms with Gasteiger partial charge in [-0.15, -0.1) is 0 Å². The summed E-state index contributed by atoms with van der Waals surface area (Å²) in [6.07, 6.45) is 0.834. The second-order valence-electron chi connectivity index (χ2n) is 8.09. The minimum absolute atomic E-state index is 0.386. The highest BCUT2D eigenvalue weighted by Crippen LogP contribution is 2.60. The molecule has 4 aliphatic rings. The van der Waals surface area contributed by atoms with E-state index in [1.807, 2.05) is 0 Å². The molecular formula is C18H19F3NO3S-. The highest BCUT2D eigenvalue weighted by Gasteiger charge is 2.51. The number of sulfonamides is 1. The Hall–Kier alpha value is -1.57. The van der Waals surface area contributed by atoms with Gasteiger partial charge >= 0.3 is 6.18 Å². The molecule has 8 heteroatoms. The van der Waals surface area contributed by atoms with Crippen LogP contribution >= 0.6 is 0 Å². The summed E-state index contributed by atoms with van der Waals surface area (Å²) in [5.74, 6) is 0.786. The van der Waals surface area contributed by atoms with E-state index < -0.39 is 33.1 Å². The van der Waals surface area contributed by atoms with Crippen LogP contribution in [0.1, 0.15) is 44.1 Å². The molecule has 0 spiro atoms. The normalized spacial score (nSPS) is 34.3. The van der Waals surface area contributed by atoms with Gasteiger partial charge in [-0.2, -0.15) is 26.0 Å². The van der Waals surface area contributed by atoms with E-state index in [0.717, 1.165) is 31.4 Å². The van der Waals surface area contributed by atoms with Crippen molar-refractivity contribution in [2.45, 2.75) is 49.6 Å². The molecule has 4 bridgehead atoms. The molecule has 1 aromatic carbocycles. The molecule has 0 aromatic heterocycles. The Labute approximate surface area is 150 Å². The smallest absolute Gasteiger partial charge is 0.416 e. The largest absolute Gasteiger partial charge is 0.861 e. The average molecular weight is 386 g/mol. The van der Waals surface area contributed by atoms with Crippen LogP contribution in [0.15, 0.2) is 33.6 Å². The third-order valence-corrected chi connectivity index (χ3v) is 7.45. The van der Waals surface area contributed by atoms with Gasteiger partial charge in [-0.05, 0) is 86.4 Å². The molecule has 4 saturated carbocycles. The first-order valence-corrected chi connectivity index (χ1v) is 10.2. The number of hydrogen-bond acceptors (Lipinski definition) is 3. The molecule has 0 radical (unpaired) electrons. The van der Waals surface area contributed by atoms with Crippen LogP contribution in [0.5, 0.6) is 0 Å². The Morgan fingerprint density at radius 2 is 1.46 bits per heavy atom. The van der Waals surface area contributed by atoms with Crippen molar-refractivity contribution in [1.82, 2.24) is 0 Å². The first-order valence-electron chi connectivity index (χ1n) is 8.77. The summed E-state index contributed by atoms with van der Waals surface area (Å²) >= 11 is 0. The third-order valence-electron chi connectivity index (χ3n) is 6.17. The van der Waals surface area contributed by atoms with Gasteiger partial charge in [0.25, 0.3) is 10.0 Å². The zero-order valence-corrected chi connectivity index (χ0v) is 14.8. The number of nitrogens with zero attached hydrogens (tertiary/aromatic N) is 1. The quantitative estimate of drug-likeness (QED) is 0.591. The lowest BCUT2D eigenvalue weighted by atomic mass is 9.49. The summed E-state index contributed by atoms with van der Waals surface area (Å²) in [5, 5.41) is 12.8. The minimum Gasteiger partial charge on any atom is -0.861 e. The molecule has 0 atom stereocenters. The lowest BCUT2D eigenvalue weighted by Crippen LogP contribution is -2.53. The first-order chi connectivity index (χ1) is 12.1. The average Bonchev–Trinajstić information content (AvgIpc) is 2.52. The van der Waals surface area contributed by atoms with Crippen LogP contribution in [0.3, 0.4) is 0 Å². The molecule has 142 valence electrons. The summed E-state index contributed by atoms with van der Waals surface area (Å²) in [7, 11) is -4.31. The molecule has 0 heterocycles. The Balaban J connectivity index is 1.62. The van der Waals surface area contributed by atoms with Gasteiger partial charge in [-0.25, -0.2) is 0 Å². The first kappa shape index (κ1) is 17.8. The molecule has 1 aromatic rings. The van der Waals surface area contributed by atoms with Crippen molar-refractivity contribution in [3.63, 3.8) is 0 Å². The zero-order chi connectivity index (χ0) is 18.7. The summed E-state index contributed by atoms with van der Waals surface area (Å²) in [5.41, 5.74) is -1.63. The van der Waals surface area contributed by atoms with Gasteiger partial charge in [0.1, 0.15) is 0 Å². The molecule has 4 fully saturated rings. The lowest BCUT2D eigenvalue weighted by Gasteiger charge is -2.58. The van der Waals surface area contributed by atoms with Crippen LogP contribution in [0.25, 0.3) is 0 Å². The monoisotopic (exact) mass is 386 g/mol. The highest BCUT2D eigenvalue weighted by atomic mass is 32.2. The van der Waals surface area contributed by atoms with Crippen LogP contribution in [0.4, 0.5) is 13.2 Å². The standard InChI is InChI=1S/C18H20F3NO3S/c19-18(20,21)14-1-3-15(4-2-14)26(24,25)22-16(23)17-8-11-5-12(9-17)7-13(6-11)10-17/h1-4,11-13H,5-10H2,(H,22,23)/p-1. The van der Waals surface area contributed by atoms with E-state index >= 15 is 0 Å². The summed E-state index contributed by atoms with van der Waals surface area (Å²) in [6.45, 7) is 0. The highest BCUT2D eigenvalue weighted by molar-refractivity contribution is 7.90. The van der Waals surface area contributed by atoms with E-state index in [2.05, 4.69) is 4.40 Å². The van der Waals surface area contributed by atoms with Crippen LogP contribution in [0.2, 0.25) is 0 Å².